The topological polar surface area (TPSA) is 20.2 Å². The molecule has 1 aromatic carbocycles. The predicted octanol–water partition coefficient (Wildman–Crippen LogP) is 4.05. The molecule has 0 spiro atoms. The van der Waals surface area contributed by atoms with Crippen molar-refractivity contribution < 1.29 is 5.11 Å². The van der Waals surface area contributed by atoms with Gasteiger partial charge in [-0.1, -0.05) is 69.3 Å². The lowest BCUT2D eigenvalue weighted by Gasteiger charge is -2.37. The maximum atomic E-state index is 10.7. The van der Waals surface area contributed by atoms with Crippen LogP contribution < -0.4 is 0 Å². The van der Waals surface area contributed by atoms with Gasteiger partial charge in [-0.3, -0.25) is 0 Å². The number of benzene rings is 1. The standard InChI is InChI=1S/C16H22O/c1-5-12-16(17,15(2,3)4)13-11-14-9-7-6-8-10-14/h5-11,13,17H,1,12H2,2-4H3/b13-11+. The summed E-state index contributed by atoms with van der Waals surface area (Å²) in [5.74, 6) is 0. The number of aliphatic hydroxyl groups is 1. The molecule has 1 atom stereocenters. The highest BCUT2D eigenvalue weighted by Crippen LogP contribution is 2.35. The van der Waals surface area contributed by atoms with Gasteiger partial charge >= 0.3 is 0 Å². The van der Waals surface area contributed by atoms with Crippen LogP contribution in [-0.2, 0) is 0 Å². The molecule has 1 heteroatoms. The minimum atomic E-state index is -0.857. The maximum absolute atomic E-state index is 10.7. The average molecular weight is 230 g/mol. The Morgan fingerprint density at radius 3 is 2.24 bits per heavy atom. The van der Waals surface area contributed by atoms with E-state index < -0.39 is 5.60 Å². The van der Waals surface area contributed by atoms with Gasteiger partial charge in [0.2, 0.25) is 0 Å². The molecule has 0 bridgehead atoms. The molecule has 17 heavy (non-hydrogen) atoms. The summed E-state index contributed by atoms with van der Waals surface area (Å²) in [4.78, 5) is 0. The Hall–Kier alpha value is -1.34. The molecule has 0 aliphatic heterocycles. The third kappa shape index (κ3) is 3.57. The molecule has 0 fully saturated rings. The van der Waals surface area contributed by atoms with Crippen molar-refractivity contribution in [1.82, 2.24) is 0 Å². The van der Waals surface area contributed by atoms with E-state index >= 15 is 0 Å². The van der Waals surface area contributed by atoms with Crippen molar-refractivity contribution in [3.63, 3.8) is 0 Å². The first-order valence-electron chi connectivity index (χ1n) is 5.97. The number of rotatable bonds is 4. The molecule has 0 saturated heterocycles. The summed E-state index contributed by atoms with van der Waals surface area (Å²) in [7, 11) is 0. The van der Waals surface area contributed by atoms with Crippen LogP contribution in [0, 0.1) is 5.41 Å². The fraction of sp³-hybridized carbons (Fsp3) is 0.375. The molecule has 0 aromatic heterocycles. The number of hydrogen-bond donors (Lipinski definition) is 1. The van der Waals surface area contributed by atoms with Crippen LogP contribution in [0.15, 0.2) is 49.1 Å². The zero-order valence-corrected chi connectivity index (χ0v) is 11.0. The molecular formula is C16H22O. The second-order valence-electron chi connectivity index (χ2n) is 5.41. The first kappa shape index (κ1) is 13.7. The van der Waals surface area contributed by atoms with Crippen molar-refractivity contribution >= 4 is 6.08 Å². The summed E-state index contributed by atoms with van der Waals surface area (Å²) in [5, 5.41) is 10.7. The first-order chi connectivity index (χ1) is 7.89. The summed E-state index contributed by atoms with van der Waals surface area (Å²) in [6.45, 7) is 9.82. The van der Waals surface area contributed by atoms with Gasteiger partial charge in [0.15, 0.2) is 0 Å². The SMILES string of the molecule is C=CCC(O)(/C=C/c1ccccc1)C(C)(C)C. The molecule has 1 unspecified atom stereocenters. The van der Waals surface area contributed by atoms with Crippen molar-refractivity contribution in [3.8, 4) is 0 Å². The van der Waals surface area contributed by atoms with Gasteiger partial charge in [-0.05, 0) is 17.4 Å². The Morgan fingerprint density at radius 2 is 1.76 bits per heavy atom. The van der Waals surface area contributed by atoms with E-state index in [0.717, 1.165) is 5.56 Å². The average Bonchev–Trinajstić information content (AvgIpc) is 2.27. The van der Waals surface area contributed by atoms with E-state index in [4.69, 9.17) is 0 Å². The quantitative estimate of drug-likeness (QED) is 0.774. The third-order valence-corrected chi connectivity index (χ3v) is 3.11. The summed E-state index contributed by atoms with van der Waals surface area (Å²) in [5.41, 5.74) is 0.0242. The van der Waals surface area contributed by atoms with Gasteiger partial charge in [-0.25, -0.2) is 0 Å². The molecule has 0 saturated carbocycles. The molecule has 1 N–H and O–H groups in total. The molecule has 0 heterocycles. The van der Waals surface area contributed by atoms with Gasteiger partial charge in [0, 0.05) is 0 Å². The molecule has 92 valence electrons. The lowest BCUT2D eigenvalue weighted by atomic mass is 9.74. The predicted molar refractivity (Wildman–Crippen MR) is 74.7 cm³/mol. The Kier molecular flexibility index (Phi) is 4.30. The summed E-state index contributed by atoms with van der Waals surface area (Å²) >= 11 is 0. The van der Waals surface area contributed by atoms with Crippen LogP contribution in [0.5, 0.6) is 0 Å². The minimum Gasteiger partial charge on any atom is -0.385 e. The van der Waals surface area contributed by atoms with E-state index in [9.17, 15) is 5.11 Å². The van der Waals surface area contributed by atoms with E-state index in [-0.39, 0.29) is 5.41 Å². The maximum Gasteiger partial charge on any atom is 0.0913 e. The fourth-order valence-electron chi connectivity index (χ4n) is 1.64. The molecule has 1 aromatic rings. The van der Waals surface area contributed by atoms with Gasteiger partial charge in [-0.2, -0.15) is 0 Å². The molecule has 0 radical (unpaired) electrons. The van der Waals surface area contributed by atoms with Crippen molar-refractivity contribution in [2.75, 3.05) is 0 Å². The zero-order chi connectivity index (χ0) is 12.9. The van der Waals surface area contributed by atoms with Crippen LogP contribution in [0.1, 0.15) is 32.8 Å². The van der Waals surface area contributed by atoms with Crippen molar-refractivity contribution in [3.05, 3.63) is 54.6 Å². The van der Waals surface area contributed by atoms with E-state index in [1.54, 1.807) is 6.08 Å². The zero-order valence-electron chi connectivity index (χ0n) is 11.0. The van der Waals surface area contributed by atoms with Gasteiger partial charge in [-0.15, -0.1) is 6.58 Å². The van der Waals surface area contributed by atoms with Gasteiger partial charge < -0.3 is 5.11 Å². The summed E-state index contributed by atoms with van der Waals surface area (Å²) in [6, 6.07) is 10.0. The van der Waals surface area contributed by atoms with E-state index in [2.05, 4.69) is 6.58 Å². The lowest BCUT2D eigenvalue weighted by molar-refractivity contribution is -0.0101. The highest BCUT2D eigenvalue weighted by molar-refractivity contribution is 5.50. The molecule has 0 amide bonds. The Bertz CT molecular complexity index is 384. The van der Waals surface area contributed by atoms with Crippen LogP contribution in [-0.4, -0.2) is 10.7 Å². The Balaban J connectivity index is 2.95. The number of hydrogen-bond acceptors (Lipinski definition) is 1. The van der Waals surface area contributed by atoms with Crippen LogP contribution in [0.2, 0.25) is 0 Å². The van der Waals surface area contributed by atoms with Gasteiger partial charge in [0.05, 0.1) is 5.60 Å². The van der Waals surface area contributed by atoms with Crippen molar-refractivity contribution in [2.24, 2.45) is 5.41 Å². The summed E-state index contributed by atoms with van der Waals surface area (Å²) < 4.78 is 0. The third-order valence-electron chi connectivity index (χ3n) is 3.11. The summed E-state index contributed by atoms with van der Waals surface area (Å²) in [6.07, 6.45) is 6.17. The second kappa shape index (κ2) is 5.33. The van der Waals surface area contributed by atoms with Crippen LogP contribution in [0.4, 0.5) is 0 Å². The molecule has 0 aliphatic carbocycles. The van der Waals surface area contributed by atoms with Crippen molar-refractivity contribution in [2.45, 2.75) is 32.8 Å². The fourth-order valence-corrected chi connectivity index (χ4v) is 1.64. The smallest absolute Gasteiger partial charge is 0.0913 e. The minimum absolute atomic E-state index is 0.216. The molecular weight excluding hydrogens is 208 g/mol. The van der Waals surface area contributed by atoms with Crippen LogP contribution >= 0.6 is 0 Å². The van der Waals surface area contributed by atoms with Crippen LogP contribution in [0.3, 0.4) is 0 Å². The van der Waals surface area contributed by atoms with E-state index in [1.807, 2.05) is 63.3 Å². The van der Waals surface area contributed by atoms with Crippen LogP contribution in [0.25, 0.3) is 6.08 Å². The largest absolute Gasteiger partial charge is 0.385 e. The molecule has 1 rings (SSSR count). The molecule has 1 nitrogen and oxygen atoms in total. The molecule has 0 aliphatic rings. The lowest BCUT2D eigenvalue weighted by Crippen LogP contribution is -2.40. The highest BCUT2D eigenvalue weighted by Gasteiger charge is 2.36. The Morgan fingerprint density at radius 1 is 1.18 bits per heavy atom. The van der Waals surface area contributed by atoms with Gasteiger partial charge in [0.1, 0.15) is 0 Å². The van der Waals surface area contributed by atoms with E-state index in [0.29, 0.717) is 6.42 Å². The van der Waals surface area contributed by atoms with E-state index in [1.165, 1.54) is 0 Å². The normalized spacial score (nSPS) is 15.8. The highest BCUT2D eigenvalue weighted by atomic mass is 16.3. The Labute approximate surface area is 104 Å². The first-order valence-corrected chi connectivity index (χ1v) is 5.97. The van der Waals surface area contributed by atoms with Gasteiger partial charge in [0.25, 0.3) is 0 Å². The van der Waals surface area contributed by atoms with Crippen molar-refractivity contribution in [1.29, 1.82) is 0 Å². The second-order valence-corrected chi connectivity index (χ2v) is 5.41. The monoisotopic (exact) mass is 230 g/mol.